The van der Waals surface area contributed by atoms with E-state index in [0.717, 1.165) is 12.8 Å². The summed E-state index contributed by atoms with van der Waals surface area (Å²) in [6.45, 7) is 0.0106. The maximum Gasteiger partial charge on any atom is 0.322 e. The number of likely N-dealkylation sites (tertiary alicyclic amines) is 1. The van der Waals surface area contributed by atoms with Gasteiger partial charge in [0.05, 0.1) is 12.6 Å². The van der Waals surface area contributed by atoms with E-state index in [1.165, 1.54) is 4.90 Å². The van der Waals surface area contributed by atoms with Crippen molar-refractivity contribution in [1.82, 2.24) is 15.1 Å². The lowest BCUT2D eigenvalue weighted by Gasteiger charge is -2.19. The van der Waals surface area contributed by atoms with Gasteiger partial charge in [0.2, 0.25) is 11.8 Å². The Bertz CT molecular complexity index is 556. The van der Waals surface area contributed by atoms with E-state index in [4.69, 9.17) is 9.52 Å². The largest absolute Gasteiger partial charge is 0.480 e. The first-order chi connectivity index (χ1) is 10.0. The Labute approximate surface area is 119 Å². The molecule has 1 aliphatic heterocycles. The van der Waals surface area contributed by atoms with Gasteiger partial charge in [-0.25, -0.2) is 0 Å². The number of hydrogen-bond acceptors (Lipinski definition) is 7. The molecule has 1 aromatic rings. The molecule has 2 aliphatic rings. The van der Waals surface area contributed by atoms with Gasteiger partial charge in [-0.1, -0.05) is 5.10 Å². The number of carbonyl (C=O) groups is 2. The quantitative estimate of drug-likeness (QED) is 0.657. The van der Waals surface area contributed by atoms with Gasteiger partial charge in [-0.05, 0) is 12.8 Å². The summed E-state index contributed by atoms with van der Waals surface area (Å²) in [4.78, 5) is 24.4. The van der Waals surface area contributed by atoms with Crippen LogP contribution in [-0.4, -0.2) is 62.4 Å². The summed E-state index contributed by atoms with van der Waals surface area (Å²) in [5.41, 5.74) is 0. The van der Waals surface area contributed by atoms with Crippen LogP contribution < -0.4 is 5.32 Å². The Morgan fingerprint density at radius 1 is 1.38 bits per heavy atom. The fourth-order valence-corrected chi connectivity index (χ4v) is 2.43. The molecule has 1 amide bonds. The molecule has 21 heavy (non-hydrogen) atoms. The number of aromatic nitrogens is 2. The van der Waals surface area contributed by atoms with Crippen LogP contribution in [-0.2, 0) is 9.59 Å². The molecule has 1 aliphatic carbocycles. The minimum atomic E-state index is -1.05. The van der Waals surface area contributed by atoms with Crippen molar-refractivity contribution < 1.29 is 24.2 Å². The number of hydrogen-bond donors (Lipinski definition) is 3. The van der Waals surface area contributed by atoms with Crippen molar-refractivity contribution in [3.63, 3.8) is 0 Å². The van der Waals surface area contributed by atoms with Crippen molar-refractivity contribution in [2.75, 3.05) is 18.4 Å². The van der Waals surface area contributed by atoms with Crippen LogP contribution in [0.2, 0.25) is 0 Å². The molecule has 2 heterocycles. The van der Waals surface area contributed by atoms with Crippen LogP contribution >= 0.6 is 0 Å². The number of amides is 1. The summed E-state index contributed by atoms with van der Waals surface area (Å²) >= 11 is 0. The van der Waals surface area contributed by atoms with Crippen LogP contribution in [0.5, 0.6) is 0 Å². The third-order valence-corrected chi connectivity index (χ3v) is 3.63. The van der Waals surface area contributed by atoms with E-state index in [1.54, 1.807) is 0 Å². The second-order valence-corrected chi connectivity index (χ2v) is 5.44. The highest BCUT2D eigenvalue weighted by atomic mass is 16.4. The highest BCUT2D eigenvalue weighted by molar-refractivity contribution is 5.90. The lowest BCUT2D eigenvalue weighted by atomic mass is 10.2. The zero-order chi connectivity index (χ0) is 15.0. The summed E-state index contributed by atoms with van der Waals surface area (Å²) in [7, 11) is 0. The molecule has 1 saturated carbocycles. The molecule has 0 aromatic carbocycles. The normalized spacial score (nSPS) is 26.0. The summed E-state index contributed by atoms with van der Waals surface area (Å²) in [6, 6.07) is -0.830. The molecule has 0 bridgehead atoms. The van der Waals surface area contributed by atoms with Crippen molar-refractivity contribution in [3.05, 3.63) is 5.89 Å². The van der Waals surface area contributed by atoms with E-state index in [1.807, 2.05) is 0 Å². The van der Waals surface area contributed by atoms with Crippen LogP contribution in [0.1, 0.15) is 31.1 Å². The number of carboxylic acid groups (broad SMARTS) is 1. The second kappa shape index (κ2) is 5.41. The fourth-order valence-electron chi connectivity index (χ4n) is 2.43. The minimum absolute atomic E-state index is 0.0218. The highest BCUT2D eigenvalue weighted by Gasteiger charge is 2.37. The van der Waals surface area contributed by atoms with Crippen LogP contribution in [0.4, 0.5) is 6.01 Å². The monoisotopic (exact) mass is 296 g/mol. The van der Waals surface area contributed by atoms with Crippen molar-refractivity contribution in [1.29, 1.82) is 0 Å². The number of β-amino-alcohol motifs (C(OH)–C–C–N with tert-alkyl or cyclic N) is 1. The maximum atomic E-state index is 11.9. The van der Waals surface area contributed by atoms with Crippen molar-refractivity contribution in [3.8, 4) is 0 Å². The number of aliphatic carboxylic acids is 1. The zero-order valence-corrected chi connectivity index (χ0v) is 11.2. The van der Waals surface area contributed by atoms with Crippen LogP contribution in [0.15, 0.2) is 4.42 Å². The predicted molar refractivity (Wildman–Crippen MR) is 68.5 cm³/mol. The van der Waals surface area contributed by atoms with Gasteiger partial charge in [0.25, 0.3) is 0 Å². The lowest BCUT2D eigenvalue weighted by Crippen LogP contribution is -2.41. The molecule has 3 N–H and O–H groups in total. The highest BCUT2D eigenvalue weighted by Crippen LogP contribution is 2.39. The fraction of sp³-hybridized carbons (Fsp3) is 0.667. The van der Waals surface area contributed by atoms with Crippen molar-refractivity contribution in [2.45, 2.75) is 37.3 Å². The molecule has 3 rings (SSSR count). The van der Waals surface area contributed by atoms with Gasteiger partial charge in [-0.2, -0.15) is 0 Å². The van der Waals surface area contributed by atoms with E-state index in [9.17, 15) is 14.7 Å². The number of carboxylic acids is 1. The lowest BCUT2D eigenvalue weighted by molar-refractivity contribution is -0.142. The molecule has 2 fully saturated rings. The van der Waals surface area contributed by atoms with Crippen LogP contribution in [0.3, 0.4) is 0 Å². The Balaban J connectivity index is 1.56. The Morgan fingerprint density at radius 2 is 2.14 bits per heavy atom. The van der Waals surface area contributed by atoms with E-state index < -0.39 is 24.0 Å². The summed E-state index contributed by atoms with van der Waals surface area (Å²) in [5, 5.41) is 28.6. The number of rotatable bonds is 5. The number of aliphatic hydroxyl groups is 1. The topological polar surface area (TPSA) is 129 Å². The number of nitrogens with zero attached hydrogens (tertiary/aromatic N) is 3. The molecule has 114 valence electrons. The maximum absolute atomic E-state index is 11.9. The van der Waals surface area contributed by atoms with Gasteiger partial charge in [-0.3, -0.25) is 19.8 Å². The smallest absolute Gasteiger partial charge is 0.322 e. The first-order valence-corrected chi connectivity index (χ1v) is 6.81. The van der Waals surface area contributed by atoms with Gasteiger partial charge in [-0.15, -0.1) is 5.10 Å². The SMILES string of the molecule is O=C(CN1CC(O)CC1C(=O)O)Nc1nnc(C2CC2)o1. The van der Waals surface area contributed by atoms with E-state index >= 15 is 0 Å². The predicted octanol–water partition coefficient (Wildman–Crippen LogP) is -0.595. The molecule has 0 spiro atoms. The summed E-state index contributed by atoms with van der Waals surface area (Å²) in [5.74, 6) is -0.673. The molecule has 2 unspecified atom stereocenters. The van der Waals surface area contributed by atoms with E-state index in [2.05, 4.69) is 15.5 Å². The molecule has 0 radical (unpaired) electrons. The minimum Gasteiger partial charge on any atom is -0.480 e. The van der Waals surface area contributed by atoms with E-state index in [-0.39, 0.29) is 25.5 Å². The molecule has 2 atom stereocenters. The summed E-state index contributed by atoms with van der Waals surface area (Å²) < 4.78 is 5.30. The van der Waals surface area contributed by atoms with E-state index in [0.29, 0.717) is 11.8 Å². The number of anilines is 1. The second-order valence-electron chi connectivity index (χ2n) is 5.44. The molecule has 1 saturated heterocycles. The molecular formula is C12H16N4O5. The summed E-state index contributed by atoms with van der Waals surface area (Å²) in [6.07, 6.45) is 1.42. The first kappa shape index (κ1) is 14.0. The van der Waals surface area contributed by atoms with Gasteiger partial charge in [0.15, 0.2) is 0 Å². The van der Waals surface area contributed by atoms with Gasteiger partial charge >= 0.3 is 12.0 Å². The van der Waals surface area contributed by atoms with Crippen molar-refractivity contribution in [2.24, 2.45) is 0 Å². The Kier molecular flexibility index (Phi) is 3.60. The molecule has 9 nitrogen and oxygen atoms in total. The number of carbonyl (C=O) groups excluding carboxylic acids is 1. The first-order valence-electron chi connectivity index (χ1n) is 6.81. The standard InChI is InChI=1S/C12H16N4O5/c17-7-3-8(11(19)20)16(4-7)5-9(18)13-12-15-14-10(21-12)6-1-2-6/h6-8,17H,1-5H2,(H,19,20)(H,13,15,18). The Morgan fingerprint density at radius 3 is 2.81 bits per heavy atom. The zero-order valence-electron chi connectivity index (χ0n) is 11.2. The number of aliphatic hydroxyl groups excluding tert-OH is 1. The van der Waals surface area contributed by atoms with Gasteiger partial charge in [0.1, 0.15) is 6.04 Å². The third kappa shape index (κ3) is 3.19. The van der Waals surface area contributed by atoms with Crippen molar-refractivity contribution >= 4 is 17.9 Å². The molecular weight excluding hydrogens is 280 g/mol. The van der Waals surface area contributed by atoms with Gasteiger partial charge < -0.3 is 14.6 Å². The van der Waals surface area contributed by atoms with Crippen LogP contribution in [0, 0.1) is 0 Å². The van der Waals surface area contributed by atoms with Gasteiger partial charge in [0, 0.05) is 18.9 Å². The average molecular weight is 296 g/mol. The average Bonchev–Trinajstić information content (AvgIpc) is 3.05. The molecule has 9 heteroatoms. The Hall–Kier alpha value is -2.00. The third-order valence-electron chi connectivity index (χ3n) is 3.63. The molecule has 1 aromatic heterocycles. The van der Waals surface area contributed by atoms with Crippen LogP contribution in [0.25, 0.3) is 0 Å². The number of nitrogens with one attached hydrogen (secondary N) is 1.